The Labute approximate surface area is 155 Å². The molecular formula is C17H30NO7P. The molecule has 0 aromatic heterocycles. The summed E-state index contributed by atoms with van der Waals surface area (Å²) in [5.41, 5.74) is 0.102. The van der Waals surface area contributed by atoms with E-state index in [-0.39, 0.29) is 42.5 Å². The minimum absolute atomic E-state index is 0.0536. The van der Waals surface area contributed by atoms with Crippen LogP contribution in [0.4, 0.5) is 0 Å². The van der Waals surface area contributed by atoms with Gasteiger partial charge in [0, 0.05) is 12.2 Å². The van der Waals surface area contributed by atoms with Gasteiger partial charge in [0.15, 0.2) is 8.03 Å². The average molecular weight is 391 g/mol. The molecule has 0 rings (SSSR count). The van der Waals surface area contributed by atoms with E-state index in [2.05, 4.69) is 6.58 Å². The predicted molar refractivity (Wildman–Crippen MR) is 96.8 cm³/mol. The highest BCUT2D eigenvalue weighted by Gasteiger charge is 2.24. The van der Waals surface area contributed by atoms with Crippen LogP contribution in [0.2, 0.25) is 0 Å². The molecule has 0 heterocycles. The number of hydrogen-bond donors (Lipinski definition) is 1. The van der Waals surface area contributed by atoms with Crippen LogP contribution in [0.25, 0.3) is 0 Å². The molecule has 0 fully saturated rings. The first-order valence-electron chi connectivity index (χ1n) is 8.23. The van der Waals surface area contributed by atoms with Gasteiger partial charge in [0.1, 0.15) is 19.3 Å². The minimum Gasteiger partial charge on any atom is -0.545 e. The average Bonchev–Trinajstić information content (AvgIpc) is 2.49. The van der Waals surface area contributed by atoms with Crippen molar-refractivity contribution in [2.45, 2.75) is 26.4 Å². The van der Waals surface area contributed by atoms with Gasteiger partial charge in [-0.3, -0.25) is 4.57 Å². The number of aliphatic carboxylic acids is 1. The molecule has 0 bridgehead atoms. The van der Waals surface area contributed by atoms with E-state index in [0.717, 1.165) is 0 Å². The van der Waals surface area contributed by atoms with Gasteiger partial charge >= 0.3 is 5.97 Å². The van der Waals surface area contributed by atoms with Gasteiger partial charge in [-0.15, -0.1) is 0 Å². The number of carbonyl (C=O) groups is 2. The lowest BCUT2D eigenvalue weighted by Gasteiger charge is -2.25. The van der Waals surface area contributed by atoms with Crippen molar-refractivity contribution in [3.8, 4) is 0 Å². The second kappa shape index (κ2) is 11.3. The molecule has 0 aromatic rings. The molecule has 26 heavy (non-hydrogen) atoms. The summed E-state index contributed by atoms with van der Waals surface area (Å²) in [4.78, 5) is 23.1. The van der Waals surface area contributed by atoms with E-state index in [9.17, 15) is 24.4 Å². The summed E-state index contributed by atoms with van der Waals surface area (Å²) < 4.78 is 23.5. The number of esters is 1. The molecule has 0 amide bonds. The molecule has 150 valence electrons. The first kappa shape index (κ1) is 24.5. The lowest BCUT2D eigenvalue weighted by atomic mass is 10.0. The number of likely N-dealkylation sites (N-methyl/N-ethyl adjacent to an activating group) is 1. The van der Waals surface area contributed by atoms with Gasteiger partial charge in [-0.05, 0) is 31.4 Å². The van der Waals surface area contributed by atoms with Crippen molar-refractivity contribution in [2.24, 2.45) is 0 Å². The predicted octanol–water partition coefficient (Wildman–Crippen LogP) is 0.121. The van der Waals surface area contributed by atoms with Gasteiger partial charge < -0.3 is 28.8 Å². The van der Waals surface area contributed by atoms with Crippen LogP contribution in [0.1, 0.15) is 20.3 Å². The molecule has 8 nitrogen and oxygen atoms in total. The van der Waals surface area contributed by atoms with Gasteiger partial charge in [0.05, 0.1) is 33.3 Å². The maximum atomic E-state index is 12.3. The Kier molecular flexibility index (Phi) is 10.6. The molecule has 1 N–H and O–H groups in total. The third kappa shape index (κ3) is 9.87. The summed E-state index contributed by atoms with van der Waals surface area (Å²) in [6.45, 7) is 6.74. The maximum Gasteiger partial charge on any atom is 0.333 e. The molecule has 0 saturated carbocycles. The van der Waals surface area contributed by atoms with Crippen molar-refractivity contribution < 1.29 is 38.1 Å². The number of carbonyl (C=O) groups excluding carboxylic acids is 2. The van der Waals surface area contributed by atoms with Gasteiger partial charge in [-0.25, -0.2) is 4.79 Å². The third-order valence-electron chi connectivity index (χ3n) is 3.53. The van der Waals surface area contributed by atoms with E-state index < -0.39 is 26.1 Å². The van der Waals surface area contributed by atoms with Crippen LogP contribution in [-0.2, 0) is 23.4 Å². The van der Waals surface area contributed by atoms with Crippen LogP contribution in [0.3, 0.4) is 0 Å². The Morgan fingerprint density at radius 3 is 2.27 bits per heavy atom. The Balaban J connectivity index is 5.36. The highest BCUT2D eigenvalue weighted by molar-refractivity contribution is 7.39. The summed E-state index contributed by atoms with van der Waals surface area (Å²) in [6, 6.07) is 0. The highest BCUT2D eigenvalue weighted by Crippen LogP contribution is 2.29. The standard InChI is InChI=1S/C17H30NO7P/c1-12(2)17(22)25-15(14(7-9-19)13(3)16(20)21)11-26(23)24-10-8-18(4,5)6/h15,19,26H,1,7-11H2,2-6H3. The Hall–Kier alpha value is -1.47. The van der Waals surface area contributed by atoms with Gasteiger partial charge in [-0.1, -0.05) is 6.58 Å². The smallest absolute Gasteiger partial charge is 0.333 e. The Morgan fingerprint density at radius 2 is 1.85 bits per heavy atom. The van der Waals surface area contributed by atoms with Gasteiger partial charge in [-0.2, -0.15) is 0 Å². The number of aliphatic hydroxyl groups excluding tert-OH is 1. The molecule has 9 heteroatoms. The van der Waals surface area contributed by atoms with Crippen molar-refractivity contribution in [1.82, 2.24) is 0 Å². The topological polar surface area (TPSA) is 113 Å². The van der Waals surface area contributed by atoms with Crippen LogP contribution < -0.4 is 5.11 Å². The number of quaternary nitrogens is 1. The van der Waals surface area contributed by atoms with Gasteiger partial charge in [0.25, 0.3) is 0 Å². The van der Waals surface area contributed by atoms with E-state index in [1.165, 1.54) is 13.8 Å². The fourth-order valence-corrected chi connectivity index (χ4v) is 3.02. The van der Waals surface area contributed by atoms with E-state index in [0.29, 0.717) is 11.0 Å². The minimum atomic E-state index is -2.60. The van der Waals surface area contributed by atoms with Crippen LogP contribution in [0, 0.1) is 0 Å². The number of aliphatic hydroxyl groups is 1. The number of hydrogen-bond acceptors (Lipinski definition) is 7. The zero-order chi connectivity index (χ0) is 20.5. The van der Waals surface area contributed by atoms with E-state index in [1.807, 2.05) is 21.1 Å². The second-order valence-electron chi connectivity index (χ2n) is 7.02. The van der Waals surface area contributed by atoms with Crippen LogP contribution in [0.15, 0.2) is 23.3 Å². The number of rotatable bonds is 12. The molecule has 0 saturated heterocycles. The largest absolute Gasteiger partial charge is 0.545 e. The van der Waals surface area contributed by atoms with Gasteiger partial charge in [0.2, 0.25) is 0 Å². The first-order chi connectivity index (χ1) is 11.9. The first-order valence-corrected chi connectivity index (χ1v) is 9.75. The summed E-state index contributed by atoms with van der Waals surface area (Å²) in [5.74, 6) is -2.19. The molecule has 0 aliphatic heterocycles. The highest BCUT2D eigenvalue weighted by atomic mass is 31.1. The SMILES string of the molecule is C=C(C)C(=O)OC(C[PH](=O)OCC[N+](C)(C)C)C(CCO)=C(C)C(=O)[O-]. The summed E-state index contributed by atoms with van der Waals surface area (Å²) >= 11 is 0. The van der Waals surface area contributed by atoms with E-state index in [1.54, 1.807) is 0 Å². The lowest BCUT2D eigenvalue weighted by Crippen LogP contribution is -2.37. The molecule has 0 aliphatic rings. The quantitative estimate of drug-likeness (QED) is 0.218. The second-order valence-corrected chi connectivity index (χ2v) is 8.47. The Morgan fingerprint density at radius 1 is 1.27 bits per heavy atom. The molecule has 2 atom stereocenters. The number of nitrogens with zero attached hydrogens (tertiary/aromatic N) is 1. The summed E-state index contributed by atoms with van der Waals surface area (Å²) in [5, 5.41) is 20.4. The fourth-order valence-electron chi connectivity index (χ4n) is 1.95. The van der Waals surface area contributed by atoms with E-state index in [4.69, 9.17) is 9.26 Å². The monoisotopic (exact) mass is 391 g/mol. The number of carboxylic acid groups (broad SMARTS) is 1. The van der Waals surface area contributed by atoms with Crippen LogP contribution in [0.5, 0.6) is 0 Å². The maximum absolute atomic E-state index is 12.3. The molecule has 2 unspecified atom stereocenters. The summed E-state index contributed by atoms with van der Waals surface area (Å²) in [7, 11) is 3.29. The Bertz CT molecular complexity index is 578. The fraction of sp³-hybridized carbons (Fsp3) is 0.647. The molecule has 0 aliphatic carbocycles. The van der Waals surface area contributed by atoms with Crippen molar-refractivity contribution in [3.63, 3.8) is 0 Å². The van der Waals surface area contributed by atoms with Crippen LogP contribution in [-0.4, -0.2) is 74.7 Å². The number of carboxylic acids is 1. The normalized spacial score (nSPS) is 15.0. The van der Waals surface area contributed by atoms with E-state index >= 15 is 0 Å². The molecule has 0 aromatic carbocycles. The molecular weight excluding hydrogens is 361 g/mol. The van der Waals surface area contributed by atoms with Crippen molar-refractivity contribution in [1.29, 1.82) is 0 Å². The van der Waals surface area contributed by atoms with Crippen molar-refractivity contribution in [3.05, 3.63) is 23.3 Å². The van der Waals surface area contributed by atoms with Crippen LogP contribution >= 0.6 is 8.03 Å². The zero-order valence-electron chi connectivity index (χ0n) is 16.2. The molecule has 0 radical (unpaired) electrons. The zero-order valence-corrected chi connectivity index (χ0v) is 17.2. The lowest BCUT2D eigenvalue weighted by molar-refractivity contribution is -0.870. The van der Waals surface area contributed by atoms with Crippen molar-refractivity contribution >= 4 is 20.0 Å². The summed E-state index contributed by atoms with van der Waals surface area (Å²) in [6.07, 6.45) is -1.33. The number of ether oxygens (including phenoxy) is 1. The molecule has 0 spiro atoms. The third-order valence-corrected chi connectivity index (χ3v) is 4.76. The van der Waals surface area contributed by atoms with Crippen molar-refractivity contribution in [2.75, 3.05) is 47.1 Å².